The first kappa shape index (κ1) is 22.0. The zero-order chi connectivity index (χ0) is 23.2. The van der Waals surface area contributed by atoms with E-state index in [-0.39, 0.29) is 17.9 Å². The fourth-order valence-corrected chi connectivity index (χ4v) is 5.10. The fraction of sp³-hybridized carbons (Fsp3) is 0.269. The average molecular weight is 447 g/mol. The Morgan fingerprint density at radius 2 is 1.75 bits per heavy atom. The number of hydrogen-bond acceptors (Lipinski definition) is 5. The number of benzene rings is 2. The molecular formula is C26H26N2O3S. The summed E-state index contributed by atoms with van der Waals surface area (Å²) in [6.45, 7) is 9.72. The van der Waals surface area contributed by atoms with E-state index in [0.29, 0.717) is 21.6 Å². The maximum atomic E-state index is 13.6. The number of ketones is 1. The number of nitrogens with zero attached hydrogens (tertiary/aromatic N) is 2. The third-order valence-electron chi connectivity index (χ3n) is 5.99. The largest absolute Gasteiger partial charge is 0.496 e. The van der Waals surface area contributed by atoms with Crippen LogP contribution in [0, 0.1) is 34.6 Å². The van der Waals surface area contributed by atoms with Gasteiger partial charge in [0.2, 0.25) is 0 Å². The fourth-order valence-electron chi connectivity index (χ4n) is 4.01. The number of methoxy groups -OCH3 is 1. The monoisotopic (exact) mass is 446 g/mol. The molecule has 0 unspecified atom stereocenters. The zero-order valence-corrected chi connectivity index (χ0v) is 20.0. The quantitative estimate of drug-likeness (QED) is 0.377. The maximum absolute atomic E-state index is 13.6. The van der Waals surface area contributed by atoms with Gasteiger partial charge in [-0.1, -0.05) is 18.2 Å². The Balaban J connectivity index is 1.84. The van der Waals surface area contributed by atoms with Gasteiger partial charge in [-0.2, -0.15) is 0 Å². The molecule has 0 atom stereocenters. The Bertz CT molecular complexity index is 1430. The number of carbonyl (C=O) groups excluding carboxylic acids is 1. The summed E-state index contributed by atoms with van der Waals surface area (Å²) in [4.78, 5) is 33.0. The predicted octanol–water partition coefficient (Wildman–Crippen LogP) is 5.56. The van der Waals surface area contributed by atoms with E-state index in [1.54, 1.807) is 14.0 Å². The summed E-state index contributed by atoms with van der Waals surface area (Å²) in [5.41, 5.74) is 5.42. The number of fused-ring (bicyclic) bond motifs is 1. The minimum absolute atomic E-state index is 0.0356. The van der Waals surface area contributed by atoms with Crippen LogP contribution >= 0.6 is 11.3 Å². The van der Waals surface area contributed by atoms with Gasteiger partial charge < -0.3 is 4.74 Å². The molecule has 0 amide bonds. The van der Waals surface area contributed by atoms with Gasteiger partial charge in [-0.15, -0.1) is 11.3 Å². The van der Waals surface area contributed by atoms with Gasteiger partial charge in [-0.05, 0) is 75.1 Å². The molecule has 164 valence electrons. The van der Waals surface area contributed by atoms with Crippen molar-refractivity contribution in [3.63, 3.8) is 0 Å². The maximum Gasteiger partial charge on any atom is 0.263 e. The third-order valence-corrected chi connectivity index (χ3v) is 6.99. The van der Waals surface area contributed by atoms with Gasteiger partial charge in [0.25, 0.3) is 5.56 Å². The lowest BCUT2D eigenvalue weighted by Gasteiger charge is -2.11. The molecule has 0 aliphatic heterocycles. The Kier molecular flexibility index (Phi) is 5.73. The summed E-state index contributed by atoms with van der Waals surface area (Å²) in [5, 5.41) is 0.565. The Labute approximate surface area is 191 Å². The first-order chi connectivity index (χ1) is 15.2. The van der Waals surface area contributed by atoms with Gasteiger partial charge in [-0.3, -0.25) is 14.2 Å². The molecule has 0 saturated carbocycles. The van der Waals surface area contributed by atoms with Crippen LogP contribution in [-0.4, -0.2) is 22.4 Å². The van der Waals surface area contributed by atoms with E-state index in [2.05, 4.69) is 4.98 Å². The molecule has 6 heteroatoms. The van der Waals surface area contributed by atoms with Crippen molar-refractivity contribution in [3.05, 3.63) is 79.7 Å². The first-order valence-corrected chi connectivity index (χ1v) is 11.3. The van der Waals surface area contributed by atoms with Crippen molar-refractivity contribution in [1.82, 2.24) is 9.55 Å². The lowest BCUT2D eigenvalue weighted by Crippen LogP contribution is -2.27. The number of aryl methyl sites for hydroxylation is 5. The van der Waals surface area contributed by atoms with Crippen molar-refractivity contribution in [2.75, 3.05) is 7.11 Å². The van der Waals surface area contributed by atoms with E-state index < -0.39 is 0 Å². The predicted molar refractivity (Wildman–Crippen MR) is 130 cm³/mol. The second-order valence-corrected chi connectivity index (χ2v) is 9.37. The molecular weight excluding hydrogens is 420 g/mol. The molecule has 0 bridgehead atoms. The van der Waals surface area contributed by atoms with Crippen molar-refractivity contribution in [2.24, 2.45) is 0 Å². The highest BCUT2D eigenvalue weighted by Gasteiger charge is 2.20. The van der Waals surface area contributed by atoms with Crippen LogP contribution in [0.2, 0.25) is 0 Å². The minimum Gasteiger partial charge on any atom is -0.496 e. The molecule has 2 aromatic carbocycles. The summed E-state index contributed by atoms with van der Waals surface area (Å²) >= 11 is 1.50. The zero-order valence-electron chi connectivity index (χ0n) is 19.2. The third kappa shape index (κ3) is 3.75. The van der Waals surface area contributed by atoms with Crippen LogP contribution in [0.1, 0.15) is 37.7 Å². The number of hydrogen-bond donors (Lipinski definition) is 0. The SMILES string of the molecule is COc1ccc(-c2c(C)sc3nc(C)n(CC(=O)c4ccc(C)c(C)c4)c(=O)c23)cc1C. The standard InChI is InChI=1S/C26H26N2O3S/c1-14-7-8-19(11-15(14)2)21(29)13-28-18(5)27-25-24(26(28)30)23(17(4)32-25)20-9-10-22(31-6)16(3)12-20/h7-12H,13H2,1-6H3. The Morgan fingerprint density at radius 1 is 1.00 bits per heavy atom. The molecule has 5 nitrogen and oxygen atoms in total. The molecule has 0 spiro atoms. The van der Waals surface area contributed by atoms with Crippen molar-refractivity contribution < 1.29 is 9.53 Å². The second-order valence-electron chi connectivity index (χ2n) is 8.17. The highest BCUT2D eigenvalue weighted by atomic mass is 32.1. The van der Waals surface area contributed by atoms with Gasteiger partial charge in [0.1, 0.15) is 16.4 Å². The molecule has 0 saturated heterocycles. The summed E-state index contributed by atoms with van der Waals surface area (Å²) in [6, 6.07) is 11.5. The number of ether oxygens (including phenoxy) is 1. The number of thiophene rings is 1. The van der Waals surface area contributed by atoms with Crippen LogP contribution in [0.5, 0.6) is 5.75 Å². The van der Waals surface area contributed by atoms with Gasteiger partial charge in [-0.25, -0.2) is 4.98 Å². The van der Waals surface area contributed by atoms with Crippen LogP contribution in [0.3, 0.4) is 0 Å². The van der Waals surface area contributed by atoms with E-state index in [9.17, 15) is 9.59 Å². The highest BCUT2D eigenvalue weighted by molar-refractivity contribution is 7.19. The van der Waals surface area contributed by atoms with E-state index >= 15 is 0 Å². The van der Waals surface area contributed by atoms with Gasteiger partial charge >= 0.3 is 0 Å². The summed E-state index contributed by atoms with van der Waals surface area (Å²) < 4.78 is 6.87. The highest BCUT2D eigenvalue weighted by Crippen LogP contribution is 2.37. The molecule has 32 heavy (non-hydrogen) atoms. The molecule has 0 aliphatic carbocycles. The lowest BCUT2D eigenvalue weighted by atomic mass is 10.0. The normalized spacial score (nSPS) is 11.2. The smallest absolute Gasteiger partial charge is 0.263 e. The lowest BCUT2D eigenvalue weighted by molar-refractivity contribution is 0.0969. The molecule has 4 aromatic rings. The van der Waals surface area contributed by atoms with E-state index in [1.807, 2.05) is 64.1 Å². The van der Waals surface area contributed by atoms with Gasteiger partial charge in [0, 0.05) is 16.0 Å². The topological polar surface area (TPSA) is 61.2 Å². The van der Waals surface area contributed by atoms with Crippen LogP contribution < -0.4 is 10.3 Å². The summed E-state index contributed by atoms with van der Waals surface area (Å²) in [5.74, 6) is 1.24. The summed E-state index contributed by atoms with van der Waals surface area (Å²) in [6.07, 6.45) is 0. The number of carbonyl (C=O) groups is 1. The number of Topliss-reactive ketones (excluding diaryl/α,β-unsaturated/α-hetero) is 1. The molecule has 0 fully saturated rings. The van der Waals surface area contributed by atoms with Gasteiger partial charge in [0.15, 0.2) is 5.78 Å². The average Bonchev–Trinajstić information content (AvgIpc) is 3.08. The Morgan fingerprint density at radius 3 is 2.41 bits per heavy atom. The van der Waals surface area contributed by atoms with Crippen LogP contribution in [0.4, 0.5) is 0 Å². The van der Waals surface area contributed by atoms with Crippen molar-refractivity contribution in [3.8, 4) is 16.9 Å². The van der Waals surface area contributed by atoms with E-state index in [4.69, 9.17) is 4.74 Å². The van der Waals surface area contributed by atoms with Crippen molar-refractivity contribution >= 4 is 27.3 Å². The number of rotatable bonds is 5. The molecule has 2 heterocycles. The minimum atomic E-state index is -0.183. The van der Waals surface area contributed by atoms with Crippen LogP contribution in [0.15, 0.2) is 41.2 Å². The number of aromatic nitrogens is 2. The molecule has 2 aromatic heterocycles. The van der Waals surface area contributed by atoms with Crippen molar-refractivity contribution in [1.29, 1.82) is 0 Å². The van der Waals surface area contributed by atoms with Crippen molar-refractivity contribution in [2.45, 2.75) is 41.2 Å². The molecule has 0 aliphatic rings. The van der Waals surface area contributed by atoms with Crippen LogP contribution in [0.25, 0.3) is 21.3 Å². The van der Waals surface area contributed by atoms with Crippen LogP contribution in [-0.2, 0) is 6.54 Å². The molecule has 0 radical (unpaired) electrons. The molecule has 0 N–H and O–H groups in total. The van der Waals surface area contributed by atoms with Gasteiger partial charge in [0.05, 0.1) is 19.0 Å². The molecule has 4 rings (SSSR count). The second kappa shape index (κ2) is 8.36. The Hall–Kier alpha value is -3.25. The first-order valence-electron chi connectivity index (χ1n) is 10.5. The van der Waals surface area contributed by atoms with E-state index in [0.717, 1.165) is 38.4 Å². The summed E-state index contributed by atoms with van der Waals surface area (Å²) in [7, 11) is 1.64. The van der Waals surface area contributed by atoms with E-state index in [1.165, 1.54) is 15.9 Å².